The molecule has 0 radical (unpaired) electrons. The average molecular weight is 623 g/mol. The Balaban J connectivity index is 1.71. The van der Waals surface area contributed by atoms with E-state index in [1.165, 1.54) is 6.92 Å². The molecule has 2 aromatic rings. The molecule has 0 bridgehead atoms. The number of phenolic OH excluding ortho intramolecular Hbond substituents is 1. The SMILES string of the molecule is CC(C)c1cc(-c2cc(OC3(C)COC(CO)C(O)C3O)c(O)c(C(C)C)c2)ccc1OC1OC(CO)C(O)C(O)C1(C)O. The van der Waals surface area contributed by atoms with Gasteiger partial charge in [-0.3, -0.25) is 0 Å². The Morgan fingerprint density at radius 2 is 1.41 bits per heavy atom. The average Bonchev–Trinajstić information content (AvgIpc) is 2.97. The molecule has 0 aliphatic carbocycles. The minimum absolute atomic E-state index is 0.0746. The van der Waals surface area contributed by atoms with Crippen molar-refractivity contribution in [1.29, 1.82) is 0 Å². The third kappa shape index (κ3) is 6.41. The molecule has 2 saturated heterocycles. The van der Waals surface area contributed by atoms with Crippen LogP contribution in [-0.4, -0.2) is 115 Å². The Hall–Kier alpha value is -2.52. The third-order valence-electron chi connectivity index (χ3n) is 8.62. The van der Waals surface area contributed by atoms with E-state index in [9.17, 15) is 40.9 Å². The molecule has 246 valence electrons. The van der Waals surface area contributed by atoms with Crippen molar-refractivity contribution in [3.05, 3.63) is 41.5 Å². The summed E-state index contributed by atoms with van der Waals surface area (Å²) < 4.78 is 23.4. The Bertz CT molecular complexity index is 1300. The number of benzene rings is 2. The summed E-state index contributed by atoms with van der Waals surface area (Å²) >= 11 is 0. The summed E-state index contributed by atoms with van der Waals surface area (Å²) in [6, 6.07) is 8.79. The molecule has 2 fully saturated rings. The second-order valence-electron chi connectivity index (χ2n) is 12.8. The van der Waals surface area contributed by atoms with E-state index in [1.807, 2.05) is 39.8 Å². The van der Waals surface area contributed by atoms with Gasteiger partial charge in [-0.1, -0.05) is 33.8 Å². The first-order valence-corrected chi connectivity index (χ1v) is 14.9. The lowest BCUT2D eigenvalue weighted by molar-refractivity contribution is -0.315. The van der Waals surface area contributed by atoms with Crippen molar-refractivity contribution < 1.29 is 59.8 Å². The normalized spacial score (nSPS) is 34.4. The predicted octanol–water partition coefficient (Wildman–Crippen LogP) is 1.13. The van der Waals surface area contributed by atoms with Crippen LogP contribution < -0.4 is 9.47 Å². The lowest BCUT2D eigenvalue weighted by Crippen LogP contribution is -2.66. The molecule has 12 heteroatoms. The van der Waals surface area contributed by atoms with Gasteiger partial charge >= 0.3 is 0 Å². The van der Waals surface area contributed by atoms with Gasteiger partial charge in [-0.15, -0.1) is 0 Å². The molecule has 9 unspecified atom stereocenters. The summed E-state index contributed by atoms with van der Waals surface area (Å²) in [5.74, 6) is 0.133. The van der Waals surface area contributed by atoms with Crippen molar-refractivity contribution in [2.45, 2.75) is 107 Å². The van der Waals surface area contributed by atoms with Crippen LogP contribution in [0.2, 0.25) is 0 Å². The number of phenols is 1. The Morgan fingerprint density at radius 1 is 0.818 bits per heavy atom. The van der Waals surface area contributed by atoms with Gasteiger partial charge in [0, 0.05) is 5.56 Å². The van der Waals surface area contributed by atoms with Gasteiger partial charge in [-0.05, 0) is 66.6 Å². The standard InChI is InChI=1S/C32H46O12/c1-15(2)19-9-17(7-8-21(19)42-30-32(6,40)29(39)27(37)24(13-34)43-30)18-10-20(16(3)4)25(35)22(11-18)44-31(5)14-41-23(12-33)26(36)28(31)38/h7-11,15-16,23-24,26-30,33-40H,12-14H2,1-6H3. The number of aliphatic hydroxyl groups is 7. The molecular formula is C32H46O12. The molecule has 0 aromatic heterocycles. The van der Waals surface area contributed by atoms with E-state index in [4.69, 9.17) is 18.9 Å². The van der Waals surface area contributed by atoms with Gasteiger partial charge in [-0.25, -0.2) is 0 Å². The van der Waals surface area contributed by atoms with Crippen LogP contribution in [0.5, 0.6) is 17.2 Å². The molecule has 2 aliphatic rings. The number of aliphatic hydroxyl groups excluding tert-OH is 6. The predicted molar refractivity (Wildman–Crippen MR) is 159 cm³/mol. The van der Waals surface area contributed by atoms with Crippen LogP contribution in [0.4, 0.5) is 0 Å². The summed E-state index contributed by atoms with van der Waals surface area (Å²) in [6.45, 7) is 9.35. The van der Waals surface area contributed by atoms with E-state index in [-0.39, 0.29) is 29.9 Å². The third-order valence-corrected chi connectivity index (χ3v) is 8.62. The number of rotatable bonds is 9. The molecule has 12 nitrogen and oxygen atoms in total. The fraction of sp³-hybridized carbons (Fsp3) is 0.625. The topological polar surface area (TPSA) is 199 Å². The monoisotopic (exact) mass is 622 g/mol. The first-order chi connectivity index (χ1) is 20.5. The van der Waals surface area contributed by atoms with Crippen molar-refractivity contribution in [3.63, 3.8) is 0 Å². The van der Waals surface area contributed by atoms with Gasteiger partial charge in [0.15, 0.2) is 22.7 Å². The lowest BCUT2D eigenvalue weighted by Gasteiger charge is -2.46. The fourth-order valence-corrected chi connectivity index (χ4v) is 5.60. The minimum Gasteiger partial charge on any atom is -0.504 e. The second-order valence-corrected chi connectivity index (χ2v) is 12.8. The van der Waals surface area contributed by atoms with Crippen LogP contribution in [0, 0.1) is 0 Å². The zero-order valence-corrected chi connectivity index (χ0v) is 25.9. The van der Waals surface area contributed by atoms with Crippen LogP contribution in [0.3, 0.4) is 0 Å². The van der Waals surface area contributed by atoms with Gasteiger partial charge in [-0.2, -0.15) is 0 Å². The maximum Gasteiger partial charge on any atom is 0.231 e. The van der Waals surface area contributed by atoms with Crippen LogP contribution in [-0.2, 0) is 9.47 Å². The molecule has 2 aliphatic heterocycles. The van der Waals surface area contributed by atoms with Gasteiger partial charge in [0.05, 0.1) is 19.8 Å². The molecule has 0 spiro atoms. The minimum atomic E-state index is -1.98. The number of ether oxygens (including phenoxy) is 4. The van der Waals surface area contributed by atoms with Gasteiger partial charge < -0.3 is 59.8 Å². The molecule has 4 rings (SSSR count). The highest BCUT2D eigenvalue weighted by atomic mass is 16.7. The Morgan fingerprint density at radius 3 is 2.00 bits per heavy atom. The van der Waals surface area contributed by atoms with E-state index < -0.39 is 67.3 Å². The molecule has 0 amide bonds. The lowest BCUT2D eigenvalue weighted by atomic mass is 9.88. The number of hydrogen-bond acceptors (Lipinski definition) is 12. The fourth-order valence-electron chi connectivity index (χ4n) is 5.60. The molecule has 44 heavy (non-hydrogen) atoms. The number of hydrogen-bond donors (Lipinski definition) is 8. The molecule has 2 heterocycles. The zero-order chi connectivity index (χ0) is 32.7. The van der Waals surface area contributed by atoms with Crippen LogP contribution in [0.1, 0.15) is 64.5 Å². The van der Waals surface area contributed by atoms with Crippen molar-refractivity contribution in [2.75, 3.05) is 19.8 Å². The summed E-state index contributed by atoms with van der Waals surface area (Å²) in [5.41, 5.74) is -0.691. The second kappa shape index (κ2) is 13.1. The van der Waals surface area contributed by atoms with Gasteiger partial charge in [0.25, 0.3) is 0 Å². The molecule has 8 N–H and O–H groups in total. The first-order valence-electron chi connectivity index (χ1n) is 14.9. The molecule has 2 aromatic carbocycles. The molecular weight excluding hydrogens is 576 g/mol. The van der Waals surface area contributed by atoms with E-state index >= 15 is 0 Å². The van der Waals surface area contributed by atoms with Crippen molar-refractivity contribution >= 4 is 0 Å². The van der Waals surface area contributed by atoms with Crippen LogP contribution in [0.25, 0.3) is 11.1 Å². The largest absolute Gasteiger partial charge is 0.504 e. The van der Waals surface area contributed by atoms with Crippen molar-refractivity contribution in [1.82, 2.24) is 0 Å². The van der Waals surface area contributed by atoms with Crippen LogP contribution in [0.15, 0.2) is 30.3 Å². The van der Waals surface area contributed by atoms with Gasteiger partial charge in [0.2, 0.25) is 6.29 Å². The zero-order valence-electron chi connectivity index (χ0n) is 25.9. The van der Waals surface area contributed by atoms with Crippen molar-refractivity contribution in [2.24, 2.45) is 0 Å². The first kappa shape index (κ1) is 34.4. The van der Waals surface area contributed by atoms with E-state index in [2.05, 4.69) is 0 Å². The Labute approximate surface area is 257 Å². The summed E-state index contributed by atoms with van der Waals surface area (Å²) in [7, 11) is 0. The highest BCUT2D eigenvalue weighted by Gasteiger charge is 2.53. The van der Waals surface area contributed by atoms with Crippen molar-refractivity contribution in [3.8, 4) is 28.4 Å². The van der Waals surface area contributed by atoms with Gasteiger partial charge in [0.1, 0.15) is 42.4 Å². The number of aromatic hydroxyl groups is 1. The van der Waals surface area contributed by atoms with E-state index in [0.29, 0.717) is 16.9 Å². The highest BCUT2D eigenvalue weighted by molar-refractivity contribution is 5.71. The maximum atomic E-state index is 11.2. The smallest absolute Gasteiger partial charge is 0.231 e. The summed E-state index contributed by atoms with van der Waals surface area (Å²) in [4.78, 5) is 0. The quantitative estimate of drug-likeness (QED) is 0.199. The van der Waals surface area contributed by atoms with Crippen LogP contribution >= 0.6 is 0 Å². The summed E-state index contributed by atoms with van der Waals surface area (Å²) in [5, 5.41) is 83.2. The molecule has 0 saturated carbocycles. The van der Waals surface area contributed by atoms with E-state index in [0.717, 1.165) is 11.1 Å². The summed E-state index contributed by atoms with van der Waals surface area (Å²) in [6.07, 6.45) is -9.47. The molecule has 9 atom stereocenters. The Kier molecular flexibility index (Phi) is 10.2. The van der Waals surface area contributed by atoms with E-state index in [1.54, 1.807) is 25.1 Å². The maximum absolute atomic E-state index is 11.2. The highest BCUT2D eigenvalue weighted by Crippen LogP contribution is 2.43.